The summed E-state index contributed by atoms with van der Waals surface area (Å²) in [6.45, 7) is 8.97. The topological polar surface area (TPSA) is 12.0 Å². The van der Waals surface area contributed by atoms with Gasteiger partial charge in [0.1, 0.15) is 0 Å². The molecule has 1 aromatic rings. The van der Waals surface area contributed by atoms with Gasteiger partial charge in [-0.15, -0.1) is 0 Å². The average Bonchev–Trinajstić information content (AvgIpc) is 3.09. The van der Waals surface area contributed by atoms with E-state index < -0.39 is 0 Å². The van der Waals surface area contributed by atoms with Gasteiger partial charge in [-0.1, -0.05) is 30.7 Å². The fourth-order valence-electron chi connectivity index (χ4n) is 2.81. The standard InChI is InChI=1S/C16H25N/c1-5-16(14-7-8-14)17-13(4)15-9-6-11(2)10-12(15)3/h6,9-10,13-14,16-17H,5,7-8H2,1-4H3. The molecule has 0 heterocycles. The van der Waals surface area contributed by atoms with Crippen molar-refractivity contribution in [2.45, 2.75) is 59.0 Å². The first-order valence-corrected chi connectivity index (χ1v) is 6.95. The van der Waals surface area contributed by atoms with E-state index in [9.17, 15) is 0 Å². The highest BCUT2D eigenvalue weighted by atomic mass is 15.0. The molecular formula is C16H25N. The molecular weight excluding hydrogens is 206 g/mol. The number of nitrogens with one attached hydrogen (secondary N) is 1. The molecule has 0 aliphatic heterocycles. The molecule has 0 amide bonds. The molecule has 0 radical (unpaired) electrons. The summed E-state index contributed by atoms with van der Waals surface area (Å²) in [7, 11) is 0. The Morgan fingerprint density at radius 1 is 1.29 bits per heavy atom. The lowest BCUT2D eigenvalue weighted by Crippen LogP contribution is -2.33. The molecule has 1 fully saturated rings. The molecule has 0 aromatic heterocycles. The Kier molecular flexibility index (Phi) is 3.88. The number of aryl methyl sites for hydroxylation is 2. The predicted octanol–water partition coefficient (Wildman–Crippen LogP) is 4.14. The smallest absolute Gasteiger partial charge is 0.0297 e. The maximum absolute atomic E-state index is 3.81. The van der Waals surface area contributed by atoms with Gasteiger partial charge in [0.05, 0.1) is 0 Å². The zero-order valence-corrected chi connectivity index (χ0v) is 11.6. The van der Waals surface area contributed by atoms with Crippen molar-refractivity contribution >= 4 is 0 Å². The van der Waals surface area contributed by atoms with Gasteiger partial charge in [0.15, 0.2) is 0 Å². The monoisotopic (exact) mass is 231 g/mol. The highest BCUT2D eigenvalue weighted by molar-refractivity contribution is 5.32. The number of rotatable bonds is 5. The van der Waals surface area contributed by atoms with Gasteiger partial charge >= 0.3 is 0 Å². The van der Waals surface area contributed by atoms with Crippen LogP contribution in [0.3, 0.4) is 0 Å². The van der Waals surface area contributed by atoms with Crippen LogP contribution in [0, 0.1) is 19.8 Å². The van der Waals surface area contributed by atoms with Crippen molar-refractivity contribution in [3.63, 3.8) is 0 Å². The molecule has 1 N–H and O–H groups in total. The highest BCUT2D eigenvalue weighted by Gasteiger charge is 2.30. The molecule has 0 saturated heterocycles. The second kappa shape index (κ2) is 5.22. The van der Waals surface area contributed by atoms with Gasteiger partial charge < -0.3 is 5.32 Å². The first-order chi connectivity index (χ1) is 8.11. The quantitative estimate of drug-likeness (QED) is 0.803. The maximum Gasteiger partial charge on any atom is 0.0297 e. The van der Waals surface area contributed by atoms with E-state index in [-0.39, 0.29) is 0 Å². The second-order valence-electron chi connectivity index (χ2n) is 5.60. The normalized spacial score (nSPS) is 19.1. The number of hydrogen-bond acceptors (Lipinski definition) is 1. The van der Waals surface area contributed by atoms with Crippen molar-refractivity contribution in [1.82, 2.24) is 5.32 Å². The molecule has 17 heavy (non-hydrogen) atoms. The molecule has 1 aromatic carbocycles. The van der Waals surface area contributed by atoms with Gasteiger partial charge in [-0.2, -0.15) is 0 Å². The molecule has 2 rings (SSSR count). The molecule has 1 saturated carbocycles. The Morgan fingerprint density at radius 2 is 2.00 bits per heavy atom. The molecule has 2 atom stereocenters. The van der Waals surface area contributed by atoms with Crippen LogP contribution in [0.5, 0.6) is 0 Å². The summed E-state index contributed by atoms with van der Waals surface area (Å²) in [5, 5.41) is 3.81. The molecule has 1 heteroatoms. The Bertz CT molecular complexity index is 379. The van der Waals surface area contributed by atoms with Gasteiger partial charge in [0, 0.05) is 12.1 Å². The summed E-state index contributed by atoms with van der Waals surface area (Å²) in [4.78, 5) is 0. The van der Waals surface area contributed by atoms with Crippen LogP contribution in [0.15, 0.2) is 18.2 Å². The third-order valence-corrected chi connectivity index (χ3v) is 3.99. The van der Waals surface area contributed by atoms with E-state index in [0.29, 0.717) is 12.1 Å². The third kappa shape index (κ3) is 3.10. The summed E-state index contributed by atoms with van der Waals surface area (Å²) < 4.78 is 0. The zero-order chi connectivity index (χ0) is 12.4. The van der Waals surface area contributed by atoms with Crippen LogP contribution < -0.4 is 5.32 Å². The number of benzene rings is 1. The SMILES string of the molecule is CCC(NC(C)c1ccc(C)cc1C)C1CC1. The molecule has 94 valence electrons. The predicted molar refractivity (Wildman–Crippen MR) is 74.3 cm³/mol. The molecule has 1 aliphatic carbocycles. The molecule has 2 unspecified atom stereocenters. The minimum Gasteiger partial charge on any atom is -0.307 e. The van der Waals surface area contributed by atoms with E-state index in [2.05, 4.69) is 51.2 Å². The van der Waals surface area contributed by atoms with Gasteiger partial charge in [0.2, 0.25) is 0 Å². The Labute approximate surface area is 106 Å². The van der Waals surface area contributed by atoms with Crippen molar-refractivity contribution in [3.05, 3.63) is 34.9 Å². The Morgan fingerprint density at radius 3 is 2.53 bits per heavy atom. The van der Waals surface area contributed by atoms with Crippen LogP contribution in [-0.4, -0.2) is 6.04 Å². The van der Waals surface area contributed by atoms with Crippen LogP contribution in [0.4, 0.5) is 0 Å². The fourth-order valence-corrected chi connectivity index (χ4v) is 2.81. The lowest BCUT2D eigenvalue weighted by molar-refractivity contribution is 0.404. The van der Waals surface area contributed by atoms with Crippen molar-refractivity contribution in [3.8, 4) is 0 Å². The second-order valence-corrected chi connectivity index (χ2v) is 5.60. The summed E-state index contributed by atoms with van der Waals surface area (Å²) >= 11 is 0. The summed E-state index contributed by atoms with van der Waals surface area (Å²) in [5.41, 5.74) is 4.22. The van der Waals surface area contributed by atoms with E-state index in [1.165, 1.54) is 36.0 Å². The molecule has 1 aliphatic rings. The zero-order valence-electron chi connectivity index (χ0n) is 11.6. The van der Waals surface area contributed by atoms with Crippen LogP contribution in [0.1, 0.15) is 55.8 Å². The summed E-state index contributed by atoms with van der Waals surface area (Å²) in [6.07, 6.45) is 4.09. The molecule has 0 spiro atoms. The lowest BCUT2D eigenvalue weighted by Gasteiger charge is -2.24. The van der Waals surface area contributed by atoms with E-state index in [1.807, 2.05) is 0 Å². The first kappa shape index (κ1) is 12.6. The maximum atomic E-state index is 3.81. The van der Waals surface area contributed by atoms with Crippen molar-refractivity contribution in [1.29, 1.82) is 0 Å². The van der Waals surface area contributed by atoms with Crippen molar-refractivity contribution in [2.24, 2.45) is 5.92 Å². The van der Waals surface area contributed by atoms with Crippen LogP contribution in [0.2, 0.25) is 0 Å². The minimum absolute atomic E-state index is 0.473. The van der Waals surface area contributed by atoms with Gasteiger partial charge in [-0.05, 0) is 57.1 Å². The van der Waals surface area contributed by atoms with Crippen LogP contribution in [0.25, 0.3) is 0 Å². The lowest BCUT2D eigenvalue weighted by atomic mass is 9.98. The van der Waals surface area contributed by atoms with Crippen LogP contribution >= 0.6 is 0 Å². The summed E-state index contributed by atoms with van der Waals surface area (Å²) in [6, 6.07) is 7.97. The highest BCUT2D eigenvalue weighted by Crippen LogP contribution is 2.35. The Hall–Kier alpha value is -0.820. The van der Waals surface area contributed by atoms with E-state index in [4.69, 9.17) is 0 Å². The first-order valence-electron chi connectivity index (χ1n) is 6.95. The Balaban J connectivity index is 2.05. The largest absolute Gasteiger partial charge is 0.307 e. The number of hydrogen-bond donors (Lipinski definition) is 1. The van der Waals surface area contributed by atoms with E-state index >= 15 is 0 Å². The molecule has 1 nitrogen and oxygen atoms in total. The van der Waals surface area contributed by atoms with Crippen molar-refractivity contribution < 1.29 is 0 Å². The van der Waals surface area contributed by atoms with Gasteiger partial charge in [-0.3, -0.25) is 0 Å². The third-order valence-electron chi connectivity index (χ3n) is 3.99. The average molecular weight is 231 g/mol. The summed E-state index contributed by atoms with van der Waals surface area (Å²) in [5.74, 6) is 0.938. The van der Waals surface area contributed by atoms with Crippen molar-refractivity contribution in [2.75, 3.05) is 0 Å². The van der Waals surface area contributed by atoms with Gasteiger partial charge in [-0.25, -0.2) is 0 Å². The minimum atomic E-state index is 0.473. The van der Waals surface area contributed by atoms with Gasteiger partial charge in [0.25, 0.3) is 0 Å². The fraction of sp³-hybridized carbons (Fsp3) is 0.625. The van der Waals surface area contributed by atoms with E-state index in [0.717, 1.165) is 5.92 Å². The molecule has 0 bridgehead atoms. The van der Waals surface area contributed by atoms with E-state index in [1.54, 1.807) is 0 Å². The van der Waals surface area contributed by atoms with Crippen LogP contribution in [-0.2, 0) is 0 Å².